The van der Waals surface area contributed by atoms with Gasteiger partial charge in [0.25, 0.3) is 0 Å². The van der Waals surface area contributed by atoms with Crippen molar-refractivity contribution >= 4 is 29.9 Å². The number of nitrogens with zero attached hydrogens (tertiary/aromatic N) is 2. The topological polar surface area (TPSA) is 53.6 Å². The molecule has 0 atom stereocenters. The molecule has 1 rings (SSSR count). The lowest BCUT2D eigenvalue weighted by atomic mass is 10.1. The average Bonchev–Trinajstić information content (AvgIpc) is 2.49. The van der Waals surface area contributed by atoms with Crippen molar-refractivity contribution in [3.63, 3.8) is 0 Å². The number of hydrogen-bond acceptors (Lipinski definition) is 2. The zero-order valence-electron chi connectivity index (χ0n) is 13.9. The van der Waals surface area contributed by atoms with Crippen molar-refractivity contribution in [1.82, 2.24) is 10.2 Å². The average molecular weight is 416 g/mol. The Morgan fingerprint density at radius 1 is 1.18 bits per heavy atom. The van der Waals surface area contributed by atoms with Crippen LogP contribution in [0.5, 0.6) is 0 Å². The first-order valence-corrected chi connectivity index (χ1v) is 7.53. The molecule has 0 spiro atoms. The van der Waals surface area contributed by atoms with E-state index in [0.29, 0.717) is 19.0 Å². The minimum absolute atomic E-state index is 0. The number of aliphatic imine (C=N–C) groups is 1. The Kier molecular flexibility index (Phi) is 10.9. The van der Waals surface area contributed by atoms with Gasteiger partial charge in [0.2, 0.25) is 0 Å². The van der Waals surface area contributed by atoms with Gasteiger partial charge in [-0.1, -0.05) is 50.3 Å². The van der Waals surface area contributed by atoms with E-state index < -0.39 is 0 Å². The van der Waals surface area contributed by atoms with Crippen molar-refractivity contribution in [3.05, 3.63) is 47.5 Å². The summed E-state index contributed by atoms with van der Waals surface area (Å²) in [6.45, 7) is 14.6. The standard InChI is InChI=1S/C17H28N4.HI/c1-5-21(6-2)13-16-9-7-15(8-10-16)12-20-17(18)19-11-14(3)4;/h7-10H,3,5-6,11-13H2,1-2,4H3,(H3,18,19,20);1H. The van der Waals surface area contributed by atoms with E-state index in [4.69, 9.17) is 5.73 Å². The van der Waals surface area contributed by atoms with E-state index in [1.807, 2.05) is 6.92 Å². The summed E-state index contributed by atoms with van der Waals surface area (Å²) >= 11 is 0. The molecular weight excluding hydrogens is 387 g/mol. The molecule has 0 heterocycles. The molecule has 0 saturated carbocycles. The fourth-order valence-electron chi connectivity index (χ4n) is 1.93. The first-order chi connectivity index (χ1) is 10.0. The third-order valence-electron chi connectivity index (χ3n) is 3.33. The number of hydrogen-bond donors (Lipinski definition) is 2. The Morgan fingerprint density at radius 2 is 1.73 bits per heavy atom. The van der Waals surface area contributed by atoms with Crippen molar-refractivity contribution in [2.24, 2.45) is 10.7 Å². The van der Waals surface area contributed by atoms with E-state index in [0.717, 1.165) is 25.2 Å². The zero-order chi connectivity index (χ0) is 15.7. The maximum absolute atomic E-state index is 5.79. The van der Waals surface area contributed by atoms with Crippen LogP contribution in [0, 0.1) is 0 Å². The zero-order valence-corrected chi connectivity index (χ0v) is 16.3. The molecule has 22 heavy (non-hydrogen) atoms. The van der Waals surface area contributed by atoms with Crippen LogP contribution in [-0.4, -0.2) is 30.5 Å². The van der Waals surface area contributed by atoms with E-state index in [1.165, 1.54) is 11.1 Å². The first kappa shape index (κ1) is 20.9. The summed E-state index contributed by atoms with van der Waals surface area (Å²) in [7, 11) is 0. The third kappa shape index (κ3) is 8.38. The highest BCUT2D eigenvalue weighted by Gasteiger charge is 2.01. The van der Waals surface area contributed by atoms with Gasteiger partial charge in [-0.15, -0.1) is 24.0 Å². The molecule has 0 radical (unpaired) electrons. The fourth-order valence-corrected chi connectivity index (χ4v) is 1.93. The Balaban J connectivity index is 0.00000441. The van der Waals surface area contributed by atoms with Crippen molar-refractivity contribution < 1.29 is 0 Å². The second-order valence-electron chi connectivity index (χ2n) is 5.29. The monoisotopic (exact) mass is 416 g/mol. The summed E-state index contributed by atoms with van der Waals surface area (Å²) < 4.78 is 0. The Bertz CT molecular complexity index is 464. The summed E-state index contributed by atoms with van der Waals surface area (Å²) in [5, 5.41) is 3.03. The molecule has 5 heteroatoms. The molecule has 0 aliphatic rings. The van der Waals surface area contributed by atoms with Gasteiger partial charge in [0, 0.05) is 13.1 Å². The third-order valence-corrected chi connectivity index (χ3v) is 3.33. The molecule has 0 unspecified atom stereocenters. The lowest BCUT2D eigenvalue weighted by Crippen LogP contribution is -2.32. The quantitative estimate of drug-likeness (QED) is 0.296. The first-order valence-electron chi connectivity index (χ1n) is 7.53. The van der Waals surface area contributed by atoms with E-state index in [2.05, 4.69) is 59.9 Å². The summed E-state index contributed by atoms with van der Waals surface area (Å²) in [6, 6.07) is 8.57. The number of nitrogens with one attached hydrogen (secondary N) is 1. The molecule has 3 N–H and O–H groups in total. The van der Waals surface area contributed by atoms with Gasteiger partial charge in [0.05, 0.1) is 6.54 Å². The van der Waals surface area contributed by atoms with Crippen LogP contribution in [0.1, 0.15) is 31.9 Å². The van der Waals surface area contributed by atoms with Crippen molar-refractivity contribution in [3.8, 4) is 0 Å². The van der Waals surface area contributed by atoms with E-state index in [1.54, 1.807) is 0 Å². The van der Waals surface area contributed by atoms with Crippen LogP contribution in [0.25, 0.3) is 0 Å². The molecule has 0 aliphatic heterocycles. The minimum atomic E-state index is 0. The van der Waals surface area contributed by atoms with Gasteiger partial charge in [0.1, 0.15) is 0 Å². The van der Waals surface area contributed by atoms with Crippen LogP contribution in [-0.2, 0) is 13.1 Å². The summed E-state index contributed by atoms with van der Waals surface area (Å²) in [5.41, 5.74) is 9.33. The van der Waals surface area contributed by atoms with Gasteiger partial charge in [0.15, 0.2) is 5.96 Å². The van der Waals surface area contributed by atoms with Crippen molar-refractivity contribution in [2.45, 2.75) is 33.9 Å². The molecule has 124 valence electrons. The Morgan fingerprint density at radius 3 is 2.23 bits per heavy atom. The number of benzene rings is 1. The van der Waals surface area contributed by atoms with Crippen LogP contribution in [0.3, 0.4) is 0 Å². The largest absolute Gasteiger partial charge is 0.370 e. The molecule has 0 aliphatic carbocycles. The normalized spacial score (nSPS) is 11.2. The highest BCUT2D eigenvalue weighted by atomic mass is 127. The molecular formula is C17H29IN4. The highest BCUT2D eigenvalue weighted by Crippen LogP contribution is 2.08. The summed E-state index contributed by atoms with van der Waals surface area (Å²) in [5.74, 6) is 0.463. The maximum atomic E-state index is 5.79. The highest BCUT2D eigenvalue weighted by molar-refractivity contribution is 14.0. The van der Waals surface area contributed by atoms with Gasteiger partial charge in [-0.25, -0.2) is 4.99 Å². The van der Waals surface area contributed by atoms with Gasteiger partial charge in [-0.3, -0.25) is 4.90 Å². The molecule has 4 nitrogen and oxygen atoms in total. The summed E-state index contributed by atoms with van der Waals surface area (Å²) in [4.78, 5) is 6.72. The maximum Gasteiger partial charge on any atom is 0.189 e. The van der Waals surface area contributed by atoms with Gasteiger partial charge < -0.3 is 11.1 Å². The second-order valence-corrected chi connectivity index (χ2v) is 5.29. The Labute approximate surface area is 151 Å². The summed E-state index contributed by atoms with van der Waals surface area (Å²) in [6.07, 6.45) is 0. The van der Waals surface area contributed by atoms with Gasteiger partial charge in [-0.2, -0.15) is 0 Å². The van der Waals surface area contributed by atoms with E-state index in [-0.39, 0.29) is 24.0 Å². The second kappa shape index (κ2) is 11.5. The lowest BCUT2D eigenvalue weighted by Gasteiger charge is -2.17. The van der Waals surface area contributed by atoms with Crippen LogP contribution in [0.15, 0.2) is 41.4 Å². The fraction of sp³-hybridized carbons (Fsp3) is 0.471. The molecule has 1 aromatic carbocycles. The molecule has 0 fully saturated rings. The molecule has 0 aromatic heterocycles. The predicted molar refractivity (Wildman–Crippen MR) is 107 cm³/mol. The number of rotatable bonds is 8. The number of nitrogens with two attached hydrogens (primary N) is 1. The van der Waals surface area contributed by atoms with Gasteiger partial charge >= 0.3 is 0 Å². The molecule has 0 amide bonds. The van der Waals surface area contributed by atoms with E-state index in [9.17, 15) is 0 Å². The molecule has 0 bridgehead atoms. The smallest absolute Gasteiger partial charge is 0.189 e. The van der Waals surface area contributed by atoms with Gasteiger partial charge in [-0.05, 0) is 31.1 Å². The number of guanidine groups is 1. The Hall–Kier alpha value is -1.08. The SMILES string of the molecule is C=C(C)CNC(N)=NCc1ccc(CN(CC)CC)cc1.I. The van der Waals surface area contributed by atoms with Crippen LogP contribution in [0.4, 0.5) is 0 Å². The molecule has 0 saturated heterocycles. The van der Waals surface area contributed by atoms with Crippen LogP contribution in [0.2, 0.25) is 0 Å². The van der Waals surface area contributed by atoms with E-state index >= 15 is 0 Å². The lowest BCUT2D eigenvalue weighted by molar-refractivity contribution is 0.296. The van der Waals surface area contributed by atoms with Crippen LogP contribution < -0.4 is 11.1 Å². The van der Waals surface area contributed by atoms with Crippen LogP contribution >= 0.6 is 24.0 Å². The minimum Gasteiger partial charge on any atom is -0.370 e. The number of halogens is 1. The van der Waals surface area contributed by atoms with Crippen molar-refractivity contribution in [1.29, 1.82) is 0 Å². The molecule has 1 aromatic rings. The van der Waals surface area contributed by atoms with Crippen molar-refractivity contribution in [2.75, 3.05) is 19.6 Å². The predicted octanol–water partition coefficient (Wildman–Crippen LogP) is 3.13.